The maximum Gasteiger partial charge on any atom is 0.237 e. The van der Waals surface area contributed by atoms with Crippen molar-refractivity contribution in [2.75, 3.05) is 5.32 Å². The number of anilines is 1. The number of hydrogen-bond donors (Lipinski definition) is 1. The van der Waals surface area contributed by atoms with E-state index in [1.54, 1.807) is 0 Å². The highest BCUT2D eigenvalue weighted by Crippen LogP contribution is 2.25. The lowest BCUT2D eigenvalue weighted by Gasteiger charge is -2.19. The van der Waals surface area contributed by atoms with E-state index in [2.05, 4.69) is 48.4 Å². The molecule has 0 aliphatic heterocycles. The Balaban J connectivity index is 1.66. The SMILES string of the molecule is C[C@H](Sc1nnc2ccccn12)C(=O)Nc1ccc(C(C)(C)C)cc1. The highest BCUT2D eigenvalue weighted by Gasteiger charge is 2.18. The van der Waals surface area contributed by atoms with Crippen molar-refractivity contribution < 1.29 is 4.79 Å². The summed E-state index contributed by atoms with van der Waals surface area (Å²) in [4.78, 5) is 12.5. The Bertz CT molecular complexity index is 880. The molecule has 130 valence electrons. The highest BCUT2D eigenvalue weighted by molar-refractivity contribution is 8.00. The highest BCUT2D eigenvalue weighted by atomic mass is 32.2. The summed E-state index contributed by atoms with van der Waals surface area (Å²) in [5, 5.41) is 11.7. The lowest BCUT2D eigenvalue weighted by atomic mass is 9.87. The predicted octanol–water partition coefficient (Wildman–Crippen LogP) is 4.15. The minimum absolute atomic E-state index is 0.0545. The number of rotatable bonds is 4. The Hall–Kier alpha value is -2.34. The summed E-state index contributed by atoms with van der Waals surface area (Å²) in [7, 11) is 0. The van der Waals surface area contributed by atoms with Gasteiger partial charge in [0.1, 0.15) is 0 Å². The van der Waals surface area contributed by atoms with Crippen molar-refractivity contribution >= 4 is 29.0 Å². The van der Waals surface area contributed by atoms with E-state index in [0.29, 0.717) is 5.16 Å². The van der Waals surface area contributed by atoms with Crippen molar-refractivity contribution in [1.29, 1.82) is 0 Å². The molecule has 2 aromatic heterocycles. The number of thioether (sulfide) groups is 1. The van der Waals surface area contributed by atoms with Gasteiger partial charge < -0.3 is 5.32 Å². The van der Waals surface area contributed by atoms with Gasteiger partial charge in [0.05, 0.1) is 5.25 Å². The van der Waals surface area contributed by atoms with Crippen LogP contribution in [0.1, 0.15) is 33.3 Å². The average molecular weight is 354 g/mol. The molecule has 0 saturated heterocycles. The van der Waals surface area contributed by atoms with Gasteiger partial charge in [0.15, 0.2) is 10.8 Å². The summed E-state index contributed by atoms with van der Waals surface area (Å²) in [6, 6.07) is 13.7. The molecule has 25 heavy (non-hydrogen) atoms. The van der Waals surface area contributed by atoms with Gasteiger partial charge in [-0.05, 0) is 42.2 Å². The maximum atomic E-state index is 12.5. The minimum Gasteiger partial charge on any atom is -0.325 e. The molecule has 0 radical (unpaired) electrons. The molecular formula is C19H22N4OS. The molecule has 0 bridgehead atoms. The van der Waals surface area contributed by atoms with Crippen LogP contribution in [-0.2, 0) is 10.2 Å². The van der Waals surface area contributed by atoms with Crippen molar-refractivity contribution in [2.24, 2.45) is 0 Å². The largest absolute Gasteiger partial charge is 0.325 e. The Kier molecular flexibility index (Phi) is 4.81. The van der Waals surface area contributed by atoms with Gasteiger partial charge in [0.25, 0.3) is 0 Å². The van der Waals surface area contributed by atoms with Crippen molar-refractivity contribution in [2.45, 2.75) is 43.5 Å². The van der Waals surface area contributed by atoms with Crippen LogP contribution in [0, 0.1) is 0 Å². The molecule has 6 heteroatoms. The standard InChI is InChI=1S/C19H22N4OS/c1-13(25-18-22-21-16-7-5-6-12-23(16)18)17(24)20-15-10-8-14(9-11-15)19(2,3)4/h5-13H,1-4H3,(H,20,24)/t13-/m0/s1. The van der Waals surface area contributed by atoms with E-state index >= 15 is 0 Å². The molecule has 1 amide bonds. The Morgan fingerprint density at radius 2 is 1.84 bits per heavy atom. The molecule has 0 saturated carbocycles. The molecule has 5 nitrogen and oxygen atoms in total. The number of nitrogens with one attached hydrogen (secondary N) is 1. The monoisotopic (exact) mass is 354 g/mol. The van der Waals surface area contributed by atoms with Gasteiger partial charge in [0, 0.05) is 11.9 Å². The zero-order valence-electron chi connectivity index (χ0n) is 14.9. The van der Waals surface area contributed by atoms with Crippen LogP contribution in [0.5, 0.6) is 0 Å². The van der Waals surface area contributed by atoms with Crippen molar-refractivity contribution in [1.82, 2.24) is 14.6 Å². The van der Waals surface area contributed by atoms with Crippen molar-refractivity contribution in [3.63, 3.8) is 0 Å². The Labute approximate surface area is 151 Å². The number of aromatic nitrogens is 3. The van der Waals surface area contributed by atoms with Crippen LogP contribution in [0.15, 0.2) is 53.8 Å². The molecule has 0 aliphatic rings. The predicted molar refractivity (Wildman–Crippen MR) is 102 cm³/mol. The lowest BCUT2D eigenvalue weighted by molar-refractivity contribution is -0.115. The number of carbonyl (C=O) groups is 1. The number of fused-ring (bicyclic) bond motifs is 1. The fourth-order valence-electron chi connectivity index (χ4n) is 2.41. The van der Waals surface area contributed by atoms with Gasteiger partial charge in [-0.25, -0.2) is 0 Å². The third kappa shape index (κ3) is 4.02. The fraction of sp³-hybridized carbons (Fsp3) is 0.316. The van der Waals surface area contributed by atoms with Crippen molar-refractivity contribution in [3.05, 3.63) is 54.2 Å². The minimum atomic E-state index is -0.283. The summed E-state index contributed by atoms with van der Waals surface area (Å²) >= 11 is 1.39. The second-order valence-electron chi connectivity index (χ2n) is 6.99. The Morgan fingerprint density at radius 3 is 2.52 bits per heavy atom. The van der Waals surface area contributed by atoms with Gasteiger partial charge in [0.2, 0.25) is 5.91 Å². The number of nitrogens with zero attached hydrogens (tertiary/aromatic N) is 3. The second-order valence-corrected chi connectivity index (χ2v) is 8.30. The molecule has 0 spiro atoms. The summed E-state index contributed by atoms with van der Waals surface area (Å²) in [5.74, 6) is -0.0545. The molecule has 0 fully saturated rings. The molecule has 1 atom stereocenters. The quantitative estimate of drug-likeness (QED) is 0.715. The van der Waals surface area contributed by atoms with Crippen LogP contribution in [-0.4, -0.2) is 25.8 Å². The van der Waals surface area contributed by atoms with Crippen LogP contribution < -0.4 is 5.32 Å². The number of amides is 1. The molecule has 0 unspecified atom stereocenters. The molecule has 3 rings (SSSR count). The van der Waals surface area contributed by atoms with Gasteiger partial charge in [-0.2, -0.15) is 0 Å². The summed E-state index contributed by atoms with van der Waals surface area (Å²) in [6.07, 6.45) is 1.90. The van der Waals surface area contributed by atoms with Crippen LogP contribution in [0.4, 0.5) is 5.69 Å². The first-order valence-corrected chi connectivity index (χ1v) is 9.10. The third-order valence-corrected chi connectivity index (χ3v) is 5.01. The number of pyridine rings is 1. The molecular weight excluding hydrogens is 332 g/mol. The van der Waals surface area contributed by atoms with E-state index in [4.69, 9.17) is 0 Å². The third-order valence-electron chi connectivity index (χ3n) is 3.95. The van der Waals surface area contributed by atoms with Gasteiger partial charge in [-0.3, -0.25) is 9.20 Å². The molecule has 1 N–H and O–H groups in total. The smallest absolute Gasteiger partial charge is 0.237 e. The van der Waals surface area contributed by atoms with E-state index < -0.39 is 0 Å². The summed E-state index contributed by atoms with van der Waals surface area (Å²) in [5.41, 5.74) is 2.91. The van der Waals surface area contributed by atoms with Gasteiger partial charge in [-0.1, -0.05) is 50.7 Å². The zero-order valence-corrected chi connectivity index (χ0v) is 15.7. The molecule has 1 aromatic carbocycles. The summed E-state index contributed by atoms with van der Waals surface area (Å²) < 4.78 is 1.88. The van der Waals surface area contributed by atoms with Gasteiger partial charge in [-0.15, -0.1) is 10.2 Å². The normalized spacial score (nSPS) is 13.0. The van der Waals surface area contributed by atoms with E-state index in [-0.39, 0.29) is 16.6 Å². The average Bonchev–Trinajstić information content (AvgIpc) is 2.97. The van der Waals surface area contributed by atoms with E-state index in [1.807, 2.05) is 47.9 Å². The summed E-state index contributed by atoms with van der Waals surface area (Å²) in [6.45, 7) is 8.38. The van der Waals surface area contributed by atoms with Crippen LogP contribution in [0.3, 0.4) is 0 Å². The van der Waals surface area contributed by atoms with E-state index in [9.17, 15) is 4.79 Å². The first-order valence-electron chi connectivity index (χ1n) is 8.22. The fourth-order valence-corrected chi connectivity index (χ4v) is 3.25. The van der Waals surface area contributed by atoms with E-state index in [1.165, 1.54) is 17.3 Å². The Morgan fingerprint density at radius 1 is 1.12 bits per heavy atom. The number of carbonyl (C=O) groups excluding carboxylic acids is 1. The van der Waals surface area contributed by atoms with Gasteiger partial charge >= 0.3 is 0 Å². The topological polar surface area (TPSA) is 59.3 Å². The number of benzene rings is 1. The first kappa shape index (κ1) is 17.5. The van der Waals surface area contributed by atoms with Crippen molar-refractivity contribution in [3.8, 4) is 0 Å². The zero-order chi connectivity index (χ0) is 18.0. The molecule has 0 aliphatic carbocycles. The van der Waals surface area contributed by atoms with E-state index in [0.717, 1.165) is 11.3 Å². The number of hydrogen-bond acceptors (Lipinski definition) is 4. The van der Waals surface area contributed by atoms with Crippen LogP contribution in [0.2, 0.25) is 0 Å². The lowest BCUT2D eigenvalue weighted by Crippen LogP contribution is -2.22. The molecule has 3 aromatic rings. The second kappa shape index (κ2) is 6.88. The first-order chi connectivity index (χ1) is 11.8. The van der Waals surface area contributed by atoms with Crippen LogP contribution >= 0.6 is 11.8 Å². The molecule has 2 heterocycles. The maximum absolute atomic E-state index is 12.5. The van der Waals surface area contributed by atoms with Crippen LogP contribution in [0.25, 0.3) is 5.65 Å².